The van der Waals surface area contributed by atoms with Gasteiger partial charge >= 0.3 is 0 Å². The van der Waals surface area contributed by atoms with Gasteiger partial charge in [0.25, 0.3) is 0 Å². The molecule has 0 heterocycles. The molecule has 1 nitrogen and oxygen atoms in total. The first-order valence-corrected chi connectivity index (χ1v) is 4.52. The van der Waals surface area contributed by atoms with E-state index in [4.69, 9.17) is 5.11 Å². The fourth-order valence-electron chi connectivity index (χ4n) is 1.06. The van der Waals surface area contributed by atoms with Gasteiger partial charge in [0.2, 0.25) is 0 Å². The van der Waals surface area contributed by atoms with E-state index in [0.29, 0.717) is 6.61 Å². The minimum absolute atomic E-state index is 0.319. The SMILES string of the molecule is C1CCCCC1.CCCO. The van der Waals surface area contributed by atoms with E-state index in [1.807, 2.05) is 6.92 Å². The number of hydrogen-bond acceptors (Lipinski definition) is 1. The van der Waals surface area contributed by atoms with Crippen LogP contribution in [-0.4, -0.2) is 11.7 Å². The summed E-state index contributed by atoms with van der Waals surface area (Å²) in [5.74, 6) is 0. The molecule has 0 amide bonds. The molecule has 0 atom stereocenters. The largest absolute Gasteiger partial charge is 0.396 e. The highest BCUT2D eigenvalue weighted by Gasteiger charge is 1.95. The summed E-state index contributed by atoms with van der Waals surface area (Å²) in [6.45, 7) is 2.25. The highest BCUT2D eigenvalue weighted by Crippen LogP contribution is 2.15. The molecule has 1 aliphatic carbocycles. The molecule has 0 aromatic heterocycles. The van der Waals surface area contributed by atoms with Crippen molar-refractivity contribution in [2.45, 2.75) is 51.9 Å². The number of aliphatic hydroxyl groups is 1. The predicted molar refractivity (Wildman–Crippen MR) is 45.1 cm³/mol. The fourth-order valence-corrected chi connectivity index (χ4v) is 1.06. The second-order valence-corrected chi connectivity index (χ2v) is 2.84. The van der Waals surface area contributed by atoms with Crippen LogP contribution in [0.15, 0.2) is 0 Å². The summed E-state index contributed by atoms with van der Waals surface area (Å²) in [6.07, 6.45) is 9.88. The van der Waals surface area contributed by atoms with Crippen LogP contribution in [0.4, 0.5) is 0 Å². The number of hydrogen-bond donors (Lipinski definition) is 1. The van der Waals surface area contributed by atoms with Gasteiger partial charge in [-0.15, -0.1) is 0 Å². The summed E-state index contributed by atoms with van der Waals surface area (Å²) in [7, 11) is 0. The van der Waals surface area contributed by atoms with Gasteiger partial charge in [-0.25, -0.2) is 0 Å². The van der Waals surface area contributed by atoms with E-state index >= 15 is 0 Å². The molecule has 0 aromatic rings. The zero-order valence-corrected chi connectivity index (χ0v) is 7.10. The molecule has 0 aromatic carbocycles. The Kier molecular flexibility index (Phi) is 8.92. The quantitative estimate of drug-likeness (QED) is 0.600. The summed E-state index contributed by atoms with van der Waals surface area (Å²) < 4.78 is 0. The van der Waals surface area contributed by atoms with Gasteiger partial charge in [-0.3, -0.25) is 0 Å². The van der Waals surface area contributed by atoms with Gasteiger partial charge in [0.15, 0.2) is 0 Å². The van der Waals surface area contributed by atoms with Crippen LogP contribution in [0.1, 0.15) is 51.9 Å². The van der Waals surface area contributed by atoms with Crippen LogP contribution in [-0.2, 0) is 0 Å². The molecule has 0 unspecified atom stereocenters. The first kappa shape index (κ1) is 9.96. The van der Waals surface area contributed by atoms with Gasteiger partial charge < -0.3 is 5.11 Å². The third-order valence-electron chi connectivity index (χ3n) is 1.72. The maximum Gasteiger partial charge on any atom is 0.0428 e. The molecule has 1 rings (SSSR count). The highest BCUT2D eigenvalue weighted by molar-refractivity contribution is 4.51. The molecular formula is C9H20O. The van der Waals surface area contributed by atoms with E-state index in [0.717, 1.165) is 6.42 Å². The van der Waals surface area contributed by atoms with Crippen LogP contribution >= 0.6 is 0 Å². The van der Waals surface area contributed by atoms with Gasteiger partial charge in [0.1, 0.15) is 0 Å². The lowest BCUT2D eigenvalue weighted by Crippen LogP contribution is -1.85. The Morgan fingerprint density at radius 2 is 1.10 bits per heavy atom. The minimum atomic E-state index is 0.319. The Morgan fingerprint density at radius 1 is 0.900 bits per heavy atom. The summed E-state index contributed by atoms with van der Waals surface area (Å²) in [5, 5.41) is 7.88. The van der Waals surface area contributed by atoms with Crippen LogP contribution < -0.4 is 0 Å². The average Bonchev–Trinajstić information content (AvgIpc) is 2.08. The zero-order chi connectivity index (χ0) is 7.66. The third-order valence-corrected chi connectivity index (χ3v) is 1.72. The number of rotatable bonds is 1. The van der Waals surface area contributed by atoms with Crippen molar-refractivity contribution in [2.75, 3.05) is 6.61 Å². The first-order valence-electron chi connectivity index (χ1n) is 4.52. The van der Waals surface area contributed by atoms with Crippen molar-refractivity contribution in [3.05, 3.63) is 0 Å². The molecule has 0 saturated heterocycles. The van der Waals surface area contributed by atoms with Crippen molar-refractivity contribution in [3.8, 4) is 0 Å². The molecule has 1 aliphatic rings. The van der Waals surface area contributed by atoms with Crippen molar-refractivity contribution in [1.29, 1.82) is 0 Å². The van der Waals surface area contributed by atoms with E-state index in [-0.39, 0.29) is 0 Å². The average molecular weight is 144 g/mol. The van der Waals surface area contributed by atoms with Gasteiger partial charge in [-0.2, -0.15) is 0 Å². The van der Waals surface area contributed by atoms with Gasteiger partial charge in [-0.05, 0) is 6.42 Å². The van der Waals surface area contributed by atoms with E-state index in [9.17, 15) is 0 Å². The number of aliphatic hydroxyl groups excluding tert-OH is 1. The Hall–Kier alpha value is -0.0400. The molecular weight excluding hydrogens is 124 g/mol. The van der Waals surface area contributed by atoms with E-state index < -0.39 is 0 Å². The molecule has 62 valence electrons. The van der Waals surface area contributed by atoms with E-state index in [1.54, 1.807) is 0 Å². The first-order chi connectivity index (χ1) is 4.91. The summed E-state index contributed by atoms with van der Waals surface area (Å²) in [6, 6.07) is 0. The highest BCUT2D eigenvalue weighted by atomic mass is 16.2. The molecule has 1 heteroatoms. The second-order valence-electron chi connectivity index (χ2n) is 2.84. The molecule has 1 N–H and O–H groups in total. The van der Waals surface area contributed by atoms with Crippen molar-refractivity contribution >= 4 is 0 Å². The molecule has 0 aliphatic heterocycles. The van der Waals surface area contributed by atoms with Crippen LogP contribution in [0, 0.1) is 0 Å². The Bertz CT molecular complexity index is 35.2. The lowest BCUT2D eigenvalue weighted by molar-refractivity contribution is 0.295. The Balaban J connectivity index is 0.000000180. The maximum absolute atomic E-state index is 7.88. The predicted octanol–water partition coefficient (Wildman–Crippen LogP) is 2.73. The standard InChI is InChI=1S/C6H12.C3H8O/c1-2-4-6-5-3-1;1-2-3-4/h1-6H2;4H,2-3H2,1H3. The molecule has 0 spiro atoms. The maximum atomic E-state index is 7.88. The summed E-state index contributed by atoms with van der Waals surface area (Å²) in [5.41, 5.74) is 0. The van der Waals surface area contributed by atoms with Crippen molar-refractivity contribution < 1.29 is 5.11 Å². The zero-order valence-electron chi connectivity index (χ0n) is 7.10. The van der Waals surface area contributed by atoms with Crippen LogP contribution in [0.5, 0.6) is 0 Å². The van der Waals surface area contributed by atoms with Crippen molar-refractivity contribution in [1.82, 2.24) is 0 Å². The Morgan fingerprint density at radius 3 is 1.20 bits per heavy atom. The molecule has 0 bridgehead atoms. The molecule has 0 radical (unpaired) electrons. The minimum Gasteiger partial charge on any atom is -0.396 e. The van der Waals surface area contributed by atoms with E-state index in [1.165, 1.54) is 38.5 Å². The van der Waals surface area contributed by atoms with Crippen molar-refractivity contribution in [2.24, 2.45) is 0 Å². The molecule has 10 heavy (non-hydrogen) atoms. The lowest BCUT2D eigenvalue weighted by Gasteiger charge is -2.05. The topological polar surface area (TPSA) is 20.2 Å². The lowest BCUT2D eigenvalue weighted by atomic mass is 10.0. The van der Waals surface area contributed by atoms with Gasteiger partial charge in [-0.1, -0.05) is 45.4 Å². The normalized spacial score (nSPS) is 17.4. The summed E-state index contributed by atoms with van der Waals surface area (Å²) >= 11 is 0. The molecule has 1 fully saturated rings. The van der Waals surface area contributed by atoms with Crippen molar-refractivity contribution in [3.63, 3.8) is 0 Å². The van der Waals surface area contributed by atoms with Crippen LogP contribution in [0.3, 0.4) is 0 Å². The van der Waals surface area contributed by atoms with Crippen LogP contribution in [0.25, 0.3) is 0 Å². The monoisotopic (exact) mass is 144 g/mol. The van der Waals surface area contributed by atoms with Gasteiger partial charge in [0, 0.05) is 6.61 Å². The van der Waals surface area contributed by atoms with E-state index in [2.05, 4.69) is 0 Å². The Labute approximate surface area is 64.5 Å². The smallest absolute Gasteiger partial charge is 0.0428 e. The third kappa shape index (κ3) is 7.96. The second kappa shape index (κ2) is 8.96. The molecule has 1 saturated carbocycles. The van der Waals surface area contributed by atoms with Gasteiger partial charge in [0.05, 0.1) is 0 Å². The van der Waals surface area contributed by atoms with Crippen LogP contribution in [0.2, 0.25) is 0 Å². The fraction of sp³-hybridized carbons (Fsp3) is 1.00. The summed E-state index contributed by atoms with van der Waals surface area (Å²) in [4.78, 5) is 0.